The third-order valence-corrected chi connectivity index (χ3v) is 7.62. The summed E-state index contributed by atoms with van der Waals surface area (Å²) >= 11 is 2.31. The molecule has 1 N–H and O–H groups in total. The summed E-state index contributed by atoms with van der Waals surface area (Å²) in [7, 11) is 3.97. The third kappa shape index (κ3) is 6.28. The van der Waals surface area contributed by atoms with E-state index in [1.807, 2.05) is 38.5 Å². The first-order valence-electron chi connectivity index (χ1n) is 11.6. The van der Waals surface area contributed by atoms with Crippen molar-refractivity contribution in [1.82, 2.24) is 34.4 Å². The number of nitrogens with zero attached hydrogens (tertiary/aromatic N) is 6. The molecular weight excluding hydrogens is 584 g/mol. The van der Waals surface area contributed by atoms with Crippen LogP contribution in [-0.4, -0.2) is 54.1 Å². The van der Waals surface area contributed by atoms with Crippen LogP contribution in [0.1, 0.15) is 50.8 Å². The van der Waals surface area contributed by atoms with E-state index in [4.69, 9.17) is 11.2 Å². The normalized spacial score (nSPS) is 11.9. The molecule has 8 nitrogen and oxygen atoms in total. The monoisotopic (exact) mass is 621 g/mol. The lowest BCUT2D eigenvalue weighted by molar-refractivity contribution is 0.148. The molecule has 3 heterocycles. The Balaban J connectivity index is 0.00000148. The van der Waals surface area contributed by atoms with Gasteiger partial charge < -0.3 is 4.74 Å². The zero-order chi connectivity index (χ0) is 25.7. The predicted octanol–water partition coefficient (Wildman–Crippen LogP) is 6.11. The van der Waals surface area contributed by atoms with Crippen molar-refractivity contribution >= 4 is 39.3 Å². The van der Waals surface area contributed by atoms with Crippen LogP contribution in [0, 0.1) is 26.2 Å². The molecule has 0 aliphatic rings. The highest BCUT2D eigenvalue weighted by molar-refractivity contribution is 14.2. The van der Waals surface area contributed by atoms with Gasteiger partial charge in [-0.15, -0.1) is 6.42 Å². The Hall–Kier alpha value is -2.41. The molecule has 3 aromatic heterocycles. The number of likely N-dealkylation sites (N-methyl/N-ethyl adjacent to an activating group) is 1. The molecule has 2 atom stereocenters. The quantitative estimate of drug-likeness (QED) is 0.146. The molecule has 0 radical (unpaired) electrons. The lowest BCUT2D eigenvalue weighted by atomic mass is 10.1. The first kappa shape index (κ1) is 29.8. The van der Waals surface area contributed by atoms with E-state index in [1.165, 1.54) is 5.56 Å². The summed E-state index contributed by atoms with van der Waals surface area (Å²) in [6.45, 7) is 11.7. The van der Waals surface area contributed by atoms with Crippen LogP contribution < -0.4 is 4.74 Å². The fraction of sp³-hybridized carbons (Fsp3) is 0.423. The second kappa shape index (κ2) is 13.2. The molecule has 0 saturated carbocycles. The summed E-state index contributed by atoms with van der Waals surface area (Å²) in [5, 5.41) is 17.4. The molecule has 4 aromatic rings. The van der Waals surface area contributed by atoms with Crippen LogP contribution in [0.3, 0.4) is 0 Å². The van der Waals surface area contributed by atoms with Gasteiger partial charge in [0.2, 0.25) is 5.88 Å². The topological polar surface area (TPSA) is 76.8 Å². The molecule has 0 aliphatic heterocycles. The predicted molar refractivity (Wildman–Crippen MR) is 160 cm³/mol. The Morgan fingerprint density at radius 1 is 1.31 bits per heavy atom. The van der Waals surface area contributed by atoms with E-state index in [0.29, 0.717) is 12.1 Å². The van der Waals surface area contributed by atoms with Crippen LogP contribution in [-0.2, 0) is 13.6 Å². The number of fused-ring (bicyclic) bond motifs is 1. The van der Waals surface area contributed by atoms with Crippen molar-refractivity contribution in [2.24, 2.45) is 7.05 Å². The Bertz CT molecular complexity index is 1330. The van der Waals surface area contributed by atoms with Crippen molar-refractivity contribution in [2.45, 2.75) is 54.7 Å². The number of rotatable bonds is 8. The largest absolute Gasteiger partial charge is 0.473 e. The van der Waals surface area contributed by atoms with Crippen molar-refractivity contribution in [2.75, 3.05) is 13.6 Å². The minimum atomic E-state index is -0.0440. The van der Waals surface area contributed by atoms with Gasteiger partial charge >= 0.3 is 0 Å². The Labute approximate surface area is 229 Å². The van der Waals surface area contributed by atoms with Crippen LogP contribution in [0.5, 0.6) is 5.88 Å². The van der Waals surface area contributed by atoms with Gasteiger partial charge in [0.05, 0.1) is 29.3 Å². The van der Waals surface area contributed by atoms with Crippen LogP contribution in [0.25, 0.3) is 22.0 Å². The van der Waals surface area contributed by atoms with Gasteiger partial charge in [-0.2, -0.15) is 15.3 Å². The Morgan fingerprint density at radius 2 is 2.03 bits per heavy atom. The van der Waals surface area contributed by atoms with E-state index in [1.54, 1.807) is 4.68 Å². The smallest absolute Gasteiger partial charge is 0.219 e. The van der Waals surface area contributed by atoms with E-state index < -0.39 is 0 Å². The Kier molecular flexibility index (Phi) is 11.0. The average molecular weight is 622 g/mol. The van der Waals surface area contributed by atoms with E-state index in [2.05, 4.69) is 92.4 Å². The van der Waals surface area contributed by atoms with Crippen LogP contribution >= 0.6 is 28.4 Å². The number of hydrogen-bond donors (Lipinski definition) is 1. The highest BCUT2D eigenvalue weighted by Crippen LogP contribution is 2.35. The maximum Gasteiger partial charge on any atom is 0.219 e. The first-order valence-corrected chi connectivity index (χ1v) is 15.6. The van der Waals surface area contributed by atoms with Gasteiger partial charge in [-0.25, -0.2) is 9.13 Å². The average Bonchev–Trinajstić information content (AvgIpc) is 3.50. The van der Waals surface area contributed by atoms with Crippen LogP contribution in [0.2, 0.25) is 0 Å². The highest BCUT2D eigenvalue weighted by atomic mass is 127. The molecule has 4 rings (SSSR count). The first-order chi connectivity index (χ1) is 16.8. The molecule has 0 amide bonds. The number of aryl methyl sites for hydroxylation is 2. The molecule has 10 heteroatoms. The third-order valence-electron chi connectivity index (χ3n) is 5.75. The van der Waals surface area contributed by atoms with Gasteiger partial charge in [-0.3, -0.25) is 10.00 Å². The number of ether oxygens (including phenoxy) is 1. The lowest BCUT2D eigenvalue weighted by Gasteiger charge is -2.22. The standard InChI is InChI=1S/C23H27IN7OP.C2H6.CH4/c1-7-20-18-10-17(8-9-22(18)31(28-20)33-24)19-11-25-30(6)23(19)32-14(2)12-29(5)13-21-15(3)16(4)26-27-21;1-2;/h1,8-11,14,33H,12-13H2,2-6H3,(H,26,27);1-2H3;1H4. The lowest BCUT2D eigenvalue weighted by Crippen LogP contribution is -2.31. The van der Waals surface area contributed by atoms with Gasteiger partial charge in [-0.05, 0) is 79.0 Å². The second-order valence-corrected chi connectivity index (χ2v) is 10.3. The molecule has 0 saturated heterocycles. The molecule has 0 aliphatic carbocycles. The van der Waals surface area contributed by atoms with E-state index in [0.717, 1.165) is 52.4 Å². The number of terminal acetylenes is 1. The van der Waals surface area contributed by atoms with Gasteiger partial charge in [-0.1, -0.05) is 27.3 Å². The zero-order valence-corrected chi connectivity index (χ0v) is 24.5. The second-order valence-electron chi connectivity index (χ2n) is 8.25. The molecule has 36 heavy (non-hydrogen) atoms. The van der Waals surface area contributed by atoms with E-state index in [-0.39, 0.29) is 13.5 Å². The maximum absolute atomic E-state index is 6.38. The molecule has 0 bridgehead atoms. The number of aromatic amines is 1. The van der Waals surface area contributed by atoms with Gasteiger partial charge in [0.1, 0.15) is 11.8 Å². The number of nitrogens with one attached hydrogen (secondary N) is 1. The number of aromatic nitrogens is 6. The van der Waals surface area contributed by atoms with Crippen molar-refractivity contribution in [3.63, 3.8) is 0 Å². The number of hydrogen-bond acceptors (Lipinski definition) is 5. The summed E-state index contributed by atoms with van der Waals surface area (Å²) in [5.41, 5.74) is 7.00. The molecule has 0 fully saturated rings. The fourth-order valence-corrected chi connectivity index (χ4v) is 5.42. The van der Waals surface area contributed by atoms with Crippen LogP contribution in [0.15, 0.2) is 24.4 Å². The van der Waals surface area contributed by atoms with Gasteiger partial charge in [0, 0.05) is 31.2 Å². The van der Waals surface area contributed by atoms with Gasteiger partial charge in [0.15, 0.2) is 0 Å². The summed E-state index contributed by atoms with van der Waals surface area (Å²) in [5.74, 6) is 3.44. The van der Waals surface area contributed by atoms with Crippen molar-refractivity contribution in [3.8, 4) is 29.4 Å². The number of benzene rings is 1. The molecule has 2 unspecified atom stereocenters. The SMILES string of the molecule is C.C#Cc1nn(PI)c2ccc(-c3cnn(C)c3OC(C)CN(C)Cc3n[nH]c(C)c3C)cc12.CC. The highest BCUT2D eigenvalue weighted by Gasteiger charge is 2.19. The summed E-state index contributed by atoms with van der Waals surface area (Å²) in [6.07, 6.45) is 7.98. The minimum absolute atomic E-state index is 0. The Morgan fingerprint density at radius 3 is 2.64 bits per heavy atom. The zero-order valence-electron chi connectivity index (χ0n) is 21.3. The molecular formula is C26H37IN7OP. The van der Waals surface area contributed by atoms with Crippen molar-refractivity contribution in [3.05, 3.63) is 47.0 Å². The minimum Gasteiger partial charge on any atom is -0.473 e. The number of halogens is 1. The van der Waals surface area contributed by atoms with Crippen LogP contribution in [0.4, 0.5) is 0 Å². The van der Waals surface area contributed by atoms with E-state index in [9.17, 15) is 0 Å². The number of H-pyrrole nitrogens is 1. The maximum atomic E-state index is 6.38. The summed E-state index contributed by atoms with van der Waals surface area (Å²) in [6, 6.07) is 6.21. The molecule has 1 aromatic carbocycles. The summed E-state index contributed by atoms with van der Waals surface area (Å²) < 4.78 is 10.1. The van der Waals surface area contributed by atoms with Crippen molar-refractivity contribution in [1.29, 1.82) is 0 Å². The molecule has 194 valence electrons. The molecule has 0 spiro atoms. The summed E-state index contributed by atoms with van der Waals surface area (Å²) in [4.78, 5) is 2.22. The van der Waals surface area contributed by atoms with Gasteiger partial charge in [0.25, 0.3) is 0 Å². The fourth-order valence-electron chi connectivity index (χ4n) is 3.90. The van der Waals surface area contributed by atoms with E-state index >= 15 is 0 Å². The van der Waals surface area contributed by atoms with Crippen molar-refractivity contribution < 1.29 is 4.74 Å².